The second-order valence-electron chi connectivity index (χ2n) is 6.25. The standard InChI is InChI=1S/C15H24FN3/c1-15(2,3)19-9-7-18(8-10-19)11-12-5-4-6-13(17)14(12)16/h4-6H,7-11,17H2,1-3H3. The molecule has 2 N–H and O–H groups in total. The lowest BCUT2D eigenvalue weighted by atomic mass is 10.0. The fraction of sp³-hybridized carbons (Fsp3) is 0.600. The highest BCUT2D eigenvalue weighted by Crippen LogP contribution is 2.19. The maximum Gasteiger partial charge on any atom is 0.150 e. The summed E-state index contributed by atoms with van der Waals surface area (Å²) < 4.78 is 13.9. The summed E-state index contributed by atoms with van der Waals surface area (Å²) in [4.78, 5) is 4.76. The second kappa shape index (κ2) is 5.47. The Morgan fingerprint density at radius 1 is 1.16 bits per heavy atom. The molecule has 3 nitrogen and oxygen atoms in total. The molecule has 1 heterocycles. The van der Waals surface area contributed by atoms with Crippen LogP contribution in [0.25, 0.3) is 0 Å². The van der Waals surface area contributed by atoms with Gasteiger partial charge in [-0.25, -0.2) is 4.39 Å². The molecule has 4 heteroatoms. The Hall–Kier alpha value is -1.13. The number of anilines is 1. The average Bonchev–Trinajstić information content (AvgIpc) is 2.35. The lowest BCUT2D eigenvalue weighted by Crippen LogP contribution is -2.53. The van der Waals surface area contributed by atoms with Crippen molar-refractivity contribution in [1.82, 2.24) is 9.80 Å². The van der Waals surface area contributed by atoms with Gasteiger partial charge in [0.25, 0.3) is 0 Å². The van der Waals surface area contributed by atoms with Gasteiger partial charge < -0.3 is 5.73 Å². The van der Waals surface area contributed by atoms with Gasteiger partial charge in [-0.3, -0.25) is 9.80 Å². The summed E-state index contributed by atoms with van der Waals surface area (Å²) >= 11 is 0. The molecule has 2 rings (SSSR count). The lowest BCUT2D eigenvalue weighted by Gasteiger charge is -2.42. The Kier molecular flexibility index (Phi) is 4.11. The van der Waals surface area contributed by atoms with E-state index in [9.17, 15) is 4.39 Å². The summed E-state index contributed by atoms with van der Waals surface area (Å²) in [5.74, 6) is -0.263. The van der Waals surface area contributed by atoms with E-state index in [1.807, 2.05) is 12.1 Å². The number of benzene rings is 1. The van der Waals surface area contributed by atoms with Crippen molar-refractivity contribution >= 4 is 5.69 Å². The third kappa shape index (κ3) is 3.45. The van der Waals surface area contributed by atoms with Gasteiger partial charge in [0.1, 0.15) is 0 Å². The highest BCUT2D eigenvalue weighted by Gasteiger charge is 2.26. The number of nitrogens with two attached hydrogens (primary N) is 1. The van der Waals surface area contributed by atoms with E-state index in [-0.39, 0.29) is 17.0 Å². The molecule has 1 aromatic rings. The summed E-state index contributed by atoms with van der Waals surface area (Å²) in [6, 6.07) is 5.25. The molecule has 106 valence electrons. The zero-order valence-corrected chi connectivity index (χ0v) is 12.1. The van der Waals surface area contributed by atoms with Crippen LogP contribution in [0.4, 0.5) is 10.1 Å². The van der Waals surface area contributed by atoms with Gasteiger partial charge >= 0.3 is 0 Å². The van der Waals surface area contributed by atoms with E-state index >= 15 is 0 Å². The van der Waals surface area contributed by atoms with Gasteiger partial charge in [-0.2, -0.15) is 0 Å². The highest BCUT2D eigenvalue weighted by molar-refractivity contribution is 5.42. The van der Waals surface area contributed by atoms with E-state index in [1.54, 1.807) is 6.07 Å². The van der Waals surface area contributed by atoms with Crippen LogP contribution in [-0.2, 0) is 6.54 Å². The third-order valence-electron chi connectivity index (χ3n) is 3.82. The van der Waals surface area contributed by atoms with Crippen molar-refractivity contribution in [3.8, 4) is 0 Å². The third-order valence-corrected chi connectivity index (χ3v) is 3.82. The highest BCUT2D eigenvalue weighted by atomic mass is 19.1. The number of halogens is 1. The number of hydrogen-bond acceptors (Lipinski definition) is 3. The van der Waals surface area contributed by atoms with Crippen LogP contribution in [0.2, 0.25) is 0 Å². The minimum absolute atomic E-state index is 0.217. The summed E-state index contributed by atoms with van der Waals surface area (Å²) in [5, 5.41) is 0. The van der Waals surface area contributed by atoms with Gasteiger partial charge in [-0.15, -0.1) is 0 Å². The molecule has 0 spiro atoms. The average molecular weight is 265 g/mol. The first-order chi connectivity index (χ1) is 8.88. The van der Waals surface area contributed by atoms with E-state index in [1.165, 1.54) is 0 Å². The Labute approximate surface area is 115 Å². The molecule has 1 aliphatic heterocycles. The van der Waals surface area contributed by atoms with Gasteiger partial charge in [-0.05, 0) is 26.8 Å². The molecule has 1 aliphatic rings. The molecule has 0 amide bonds. The van der Waals surface area contributed by atoms with Crippen LogP contribution in [-0.4, -0.2) is 41.5 Å². The lowest BCUT2D eigenvalue weighted by molar-refractivity contribution is 0.0586. The Bertz CT molecular complexity index is 432. The van der Waals surface area contributed by atoms with Crippen molar-refractivity contribution in [2.45, 2.75) is 32.9 Å². The Balaban J connectivity index is 1.94. The number of rotatable bonds is 2. The van der Waals surface area contributed by atoms with Crippen LogP contribution >= 0.6 is 0 Å². The summed E-state index contributed by atoms with van der Waals surface area (Å²) in [5.41, 5.74) is 6.76. The van der Waals surface area contributed by atoms with Gasteiger partial charge in [0, 0.05) is 43.8 Å². The molecular weight excluding hydrogens is 241 g/mol. The summed E-state index contributed by atoms with van der Waals surface area (Å²) in [7, 11) is 0. The molecule has 1 aromatic carbocycles. The van der Waals surface area contributed by atoms with Crippen LogP contribution in [0.15, 0.2) is 18.2 Å². The van der Waals surface area contributed by atoms with Gasteiger partial charge in [-0.1, -0.05) is 12.1 Å². The molecule has 19 heavy (non-hydrogen) atoms. The minimum atomic E-state index is -0.263. The topological polar surface area (TPSA) is 32.5 Å². The van der Waals surface area contributed by atoms with Crippen LogP contribution < -0.4 is 5.73 Å². The molecule has 0 bridgehead atoms. The number of nitrogens with zero attached hydrogens (tertiary/aromatic N) is 2. The fourth-order valence-corrected chi connectivity index (χ4v) is 2.54. The first-order valence-corrected chi connectivity index (χ1v) is 6.88. The zero-order chi connectivity index (χ0) is 14.0. The predicted octanol–water partition coefficient (Wildman–Crippen LogP) is 2.32. The van der Waals surface area contributed by atoms with Crippen molar-refractivity contribution in [1.29, 1.82) is 0 Å². The Morgan fingerprint density at radius 2 is 1.79 bits per heavy atom. The first kappa shape index (κ1) is 14.3. The van der Waals surface area contributed by atoms with Gasteiger partial charge in [0.15, 0.2) is 5.82 Å². The van der Waals surface area contributed by atoms with E-state index in [0.717, 1.165) is 26.2 Å². The van der Waals surface area contributed by atoms with Crippen LogP contribution in [0.1, 0.15) is 26.3 Å². The first-order valence-electron chi connectivity index (χ1n) is 6.88. The van der Waals surface area contributed by atoms with Crippen molar-refractivity contribution in [3.05, 3.63) is 29.6 Å². The molecule has 0 aliphatic carbocycles. The number of piperazine rings is 1. The monoisotopic (exact) mass is 265 g/mol. The maximum atomic E-state index is 13.9. The Morgan fingerprint density at radius 3 is 2.37 bits per heavy atom. The predicted molar refractivity (Wildman–Crippen MR) is 77.4 cm³/mol. The number of hydrogen-bond donors (Lipinski definition) is 1. The number of nitrogen functional groups attached to an aromatic ring is 1. The van der Waals surface area contributed by atoms with Crippen LogP contribution in [0.5, 0.6) is 0 Å². The SMILES string of the molecule is CC(C)(C)N1CCN(Cc2cccc(N)c2F)CC1. The molecule has 1 saturated heterocycles. The van der Waals surface area contributed by atoms with E-state index in [2.05, 4.69) is 30.6 Å². The molecule has 0 atom stereocenters. The largest absolute Gasteiger partial charge is 0.396 e. The van der Waals surface area contributed by atoms with Gasteiger partial charge in [0.05, 0.1) is 5.69 Å². The van der Waals surface area contributed by atoms with Crippen LogP contribution in [0.3, 0.4) is 0 Å². The normalized spacial score (nSPS) is 18.7. The van der Waals surface area contributed by atoms with E-state index in [4.69, 9.17) is 5.73 Å². The van der Waals surface area contributed by atoms with Crippen molar-refractivity contribution < 1.29 is 4.39 Å². The summed E-state index contributed by atoms with van der Waals surface area (Å²) in [6.45, 7) is 11.4. The summed E-state index contributed by atoms with van der Waals surface area (Å²) in [6.07, 6.45) is 0. The molecule has 0 unspecified atom stereocenters. The second-order valence-corrected chi connectivity index (χ2v) is 6.25. The van der Waals surface area contributed by atoms with Gasteiger partial charge in [0.2, 0.25) is 0 Å². The molecule has 0 radical (unpaired) electrons. The molecule has 1 fully saturated rings. The molecule has 0 aromatic heterocycles. The van der Waals surface area contributed by atoms with Crippen molar-refractivity contribution in [2.75, 3.05) is 31.9 Å². The zero-order valence-electron chi connectivity index (χ0n) is 12.1. The van der Waals surface area contributed by atoms with Crippen LogP contribution in [0, 0.1) is 5.82 Å². The quantitative estimate of drug-likeness (QED) is 0.833. The maximum absolute atomic E-state index is 13.9. The smallest absolute Gasteiger partial charge is 0.150 e. The van der Waals surface area contributed by atoms with E-state index in [0.29, 0.717) is 12.1 Å². The van der Waals surface area contributed by atoms with Crippen molar-refractivity contribution in [2.24, 2.45) is 0 Å². The minimum Gasteiger partial charge on any atom is -0.396 e. The molecule has 0 saturated carbocycles. The van der Waals surface area contributed by atoms with E-state index < -0.39 is 0 Å². The fourth-order valence-electron chi connectivity index (χ4n) is 2.54. The molecular formula is C15H24FN3. The van der Waals surface area contributed by atoms with Crippen molar-refractivity contribution in [3.63, 3.8) is 0 Å².